The van der Waals surface area contributed by atoms with Gasteiger partial charge in [-0.3, -0.25) is 4.79 Å². The highest BCUT2D eigenvalue weighted by molar-refractivity contribution is 5.81. The van der Waals surface area contributed by atoms with Crippen molar-refractivity contribution in [3.8, 4) is 0 Å². The molecule has 102 valence electrons. The van der Waals surface area contributed by atoms with Gasteiger partial charge in [0.05, 0.1) is 13.2 Å². The summed E-state index contributed by atoms with van der Waals surface area (Å²) in [5, 5.41) is 3.09. The van der Waals surface area contributed by atoms with Gasteiger partial charge in [-0.25, -0.2) is 0 Å². The minimum atomic E-state index is -0.342. The van der Waals surface area contributed by atoms with E-state index in [2.05, 4.69) is 5.32 Å². The van der Waals surface area contributed by atoms with Gasteiger partial charge in [0.25, 0.3) is 0 Å². The Labute approximate surface area is 107 Å². The zero-order chi connectivity index (χ0) is 12.4. The van der Waals surface area contributed by atoms with E-state index >= 15 is 0 Å². The van der Waals surface area contributed by atoms with Crippen LogP contribution < -0.4 is 5.32 Å². The van der Waals surface area contributed by atoms with Gasteiger partial charge in [0, 0.05) is 25.5 Å². The first-order chi connectivity index (χ1) is 8.77. The first kappa shape index (κ1) is 12.4. The molecule has 18 heavy (non-hydrogen) atoms. The molecule has 3 aliphatic rings. The minimum absolute atomic E-state index is 0.0571. The second-order valence-electron chi connectivity index (χ2n) is 5.39. The Morgan fingerprint density at radius 2 is 1.78 bits per heavy atom. The van der Waals surface area contributed by atoms with Crippen molar-refractivity contribution < 1.29 is 19.0 Å². The normalized spacial score (nSPS) is 31.9. The molecule has 0 bridgehead atoms. The van der Waals surface area contributed by atoms with Gasteiger partial charge in [0.1, 0.15) is 6.10 Å². The predicted molar refractivity (Wildman–Crippen MR) is 64.0 cm³/mol. The van der Waals surface area contributed by atoms with Gasteiger partial charge in [-0.2, -0.15) is 0 Å². The lowest BCUT2D eigenvalue weighted by molar-refractivity contribution is -0.180. The molecule has 1 saturated carbocycles. The fourth-order valence-corrected chi connectivity index (χ4v) is 3.07. The zero-order valence-electron chi connectivity index (χ0n) is 10.7. The maximum atomic E-state index is 11.9. The first-order valence-corrected chi connectivity index (χ1v) is 6.97. The van der Waals surface area contributed by atoms with Crippen molar-refractivity contribution in [1.29, 1.82) is 0 Å². The summed E-state index contributed by atoms with van der Waals surface area (Å²) in [4.78, 5) is 11.9. The van der Waals surface area contributed by atoms with E-state index in [1.54, 1.807) is 0 Å². The number of hydrogen-bond donors (Lipinski definition) is 1. The van der Waals surface area contributed by atoms with E-state index < -0.39 is 0 Å². The molecule has 0 aromatic heterocycles. The Balaban J connectivity index is 1.46. The van der Waals surface area contributed by atoms with Crippen LogP contribution in [-0.4, -0.2) is 43.7 Å². The number of carbonyl (C=O) groups excluding carboxylic acids is 1. The highest BCUT2D eigenvalue weighted by Gasteiger charge is 2.40. The van der Waals surface area contributed by atoms with Crippen molar-refractivity contribution in [3.63, 3.8) is 0 Å². The molecule has 1 spiro atoms. The van der Waals surface area contributed by atoms with Crippen LogP contribution in [0.4, 0.5) is 0 Å². The third kappa shape index (κ3) is 2.53. The van der Waals surface area contributed by atoms with E-state index in [0.717, 1.165) is 38.5 Å². The molecule has 1 aliphatic carbocycles. The lowest BCUT2D eigenvalue weighted by Gasteiger charge is -2.35. The van der Waals surface area contributed by atoms with Crippen LogP contribution in [0.2, 0.25) is 0 Å². The molecule has 1 unspecified atom stereocenters. The van der Waals surface area contributed by atoms with Gasteiger partial charge in [0.15, 0.2) is 5.79 Å². The maximum absolute atomic E-state index is 11.9. The number of nitrogens with one attached hydrogen (secondary N) is 1. The molecule has 3 rings (SSSR count). The molecule has 2 heterocycles. The average Bonchev–Trinajstić information content (AvgIpc) is 3.04. The molecule has 0 aromatic rings. The fourth-order valence-electron chi connectivity index (χ4n) is 3.07. The average molecular weight is 255 g/mol. The van der Waals surface area contributed by atoms with Crippen molar-refractivity contribution >= 4 is 5.91 Å². The minimum Gasteiger partial charge on any atom is -0.368 e. The maximum Gasteiger partial charge on any atom is 0.249 e. The summed E-state index contributed by atoms with van der Waals surface area (Å²) in [5.74, 6) is -0.285. The molecular formula is C13H21NO4. The van der Waals surface area contributed by atoms with Crippen LogP contribution >= 0.6 is 0 Å². The topological polar surface area (TPSA) is 56.8 Å². The van der Waals surface area contributed by atoms with Crippen LogP contribution in [0.25, 0.3) is 0 Å². The lowest BCUT2D eigenvalue weighted by Crippen LogP contribution is -2.46. The number of hydrogen-bond acceptors (Lipinski definition) is 4. The molecule has 2 saturated heterocycles. The Bertz CT molecular complexity index is 298. The van der Waals surface area contributed by atoms with Gasteiger partial charge in [-0.1, -0.05) is 0 Å². The lowest BCUT2D eigenvalue weighted by atomic mass is 9.90. The Morgan fingerprint density at radius 1 is 1.06 bits per heavy atom. The quantitative estimate of drug-likeness (QED) is 0.798. The third-order valence-electron chi connectivity index (χ3n) is 4.13. The number of ether oxygens (including phenoxy) is 3. The molecule has 0 radical (unpaired) electrons. The first-order valence-electron chi connectivity index (χ1n) is 6.97. The summed E-state index contributed by atoms with van der Waals surface area (Å²) in [6.45, 7) is 2.12. The smallest absolute Gasteiger partial charge is 0.249 e. The summed E-state index contributed by atoms with van der Waals surface area (Å²) < 4.78 is 16.7. The SMILES string of the molecule is O=C(NC1CCC2(CC1)OCCO2)C1CCCO1. The van der Waals surface area contributed by atoms with E-state index in [1.807, 2.05) is 0 Å². The predicted octanol–water partition coefficient (Wildman–Crippen LogP) is 0.967. The molecule has 3 fully saturated rings. The Kier molecular flexibility index (Phi) is 3.54. The molecule has 5 heteroatoms. The van der Waals surface area contributed by atoms with E-state index in [9.17, 15) is 4.79 Å². The second-order valence-corrected chi connectivity index (χ2v) is 5.39. The fraction of sp³-hybridized carbons (Fsp3) is 0.923. The molecule has 1 amide bonds. The van der Waals surface area contributed by atoms with Crippen LogP contribution in [0, 0.1) is 0 Å². The summed E-state index contributed by atoms with van der Waals surface area (Å²) in [7, 11) is 0. The number of rotatable bonds is 2. The van der Waals surface area contributed by atoms with Crippen molar-refractivity contribution in [2.45, 2.75) is 56.5 Å². The number of carbonyl (C=O) groups is 1. The summed E-state index contributed by atoms with van der Waals surface area (Å²) >= 11 is 0. The molecule has 5 nitrogen and oxygen atoms in total. The van der Waals surface area contributed by atoms with Gasteiger partial charge in [-0.05, 0) is 25.7 Å². The van der Waals surface area contributed by atoms with Crippen LogP contribution in [-0.2, 0) is 19.0 Å². The molecular weight excluding hydrogens is 234 g/mol. The van der Waals surface area contributed by atoms with Gasteiger partial charge in [0.2, 0.25) is 5.91 Å². The van der Waals surface area contributed by atoms with Crippen molar-refractivity contribution in [1.82, 2.24) is 5.32 Å². The molecule has 2 aliphatic heterocycles. The monoisotopic (exact) mass is 255 g/mol. The van der Waals surface area contributed by atoms with Crippen LogP contribution in [0.1, 0.15) is 38.5 Å². The van der Waals surface area contributed by atoms with Crippen molar-refractivity contribution in [2.75, 3.05) is 19.8 Å². The van der Waals surface area contributed by atoms with E-state index in [0.29, 0.717) is 19.8 Å². The van der Waals surface area contributed by atoms with Crippen molar-refractivity contribution in [2.24, 2.45) is 0 Å². The third-order valence-corrected chi connectivity index (χ3v) is 4.13. The van der Waals surface area contributed by atoms with Gasteiger partial charge in [-0.15, -0.1) is 0 Å². The van der Waals surface area contributed by atoms with E-state index in [-0.39, 0.29) is 23.8 Å². The van der Waals surface area contributed by atoms with Crippen LogP contribution in [0.15, 0.2) is 0 Å². The summed E-state index contributed by atoms with van der Waals surface area (Å²) in [6.07, 6.45) is 5.24. The second kappa shape index (κ2) is 5.15. The van der Waals surface area contributed by atoms with Gasteiger partial charge < -0.3 is 19.5 Å². The summed E-state index contributed by atoms with van der Waals surface area (Å²) in [5.41, 5.74) is 0. The Morgan fingerprint density at radius 3 is 2.39 bits per heavy atom. The Hall–Kier alpha value is -0.650. The molecule has 0 aromatic carbocycles. The van der Waals surface area contributed by atoms with Crippen LogP contribution in [0.3, 0.4) is 0 Å². The summed E-state index contributed by atoms with van der Waals surface area (Å²) in [6, 6.07) is 0.250. The highest BCUT2D eigenvalue weighted by atomic mass is 16.7. The zero-order valence-corrected chi connectivity index (χ0v) is 10.7. The highest BCUT2D eigenvalue weighted by Crippen LogP contribution is 2.35. The number of amides is 1. The van der Waals surface area contributed by atoms with Gasteiger partial charge >= 0.3 is 0 Å². The standard InChI is InChI=1S/C13H21NO4/c15-12(11-2-1-7-16-11)14-10-3-5-13(6-4-10)17-8-9-18-13/h10-11H,1-9H2,(H,14,15). The van der Waals surface area contributed by atoms with Crippen LogP contribution in [0.5, 0.6) is 0 Å². The molecule has 1 atom stereocenters. The van der Waals surface area contributed by atoms with E-state index in [1.165, 1.54) is 0 Å². The van der Waals surface area contributed by atoms with E-state index in [4.69, 9.17) is 14.2 Å². The largest absolute Gasteiger partial charge is 0.368 e. The van der Waals surface area contributed by atoms with Crippen molar-refractivity contribution in [3.05, 3.63) is 0 Å². The molecule has 1 N–H and O–H groups in total.